The van der Waals surface area contributed by atoms with Gasteiger partial charge in [0.15, 0.2) is 0 Å². The Balaban J connectivity index is 1.98. The van der Waals surface area contributed by atoms with Gasteiger partial charge in [-0.05, 0) is 30.5 Å². The van der Waals surface area contributed by atoms with Crippen molar-refractivity contribution in [2.45, 2.75) is 32.4 Å². The van der Waals surface area contributed by atoms with Gasteiger partial charge in [-0.15, -0.1) is 11.3 Å². The molecule has 0 saturated heterocycles. The molecule has 0 fully saturated rings. The van der Waals surface area contributed by atoms with Crippen LogP contribution in [0.1, 0.15) is 24.6 Å². The largest absolute Gasteiger partial charge is 0.486 e. The average Bonchev–Trinajstić information content (AvgIpc) is 2.91. The van der Waals surface area contributed by atoms with Crippen molar-refractivity contribution in [3.8, 4) is 5.75 Å². The number of nitrogens with zero attached hydrogens (tertiary/aromatic N) is 1. The highest BCUT2D eigenvalue weighted by Gasteiger charge is 2.07. The van der Waals surface area contributed by atoms with Crippen molar-refractivity contribution in [1.29, 1.82) is 0 Å². The molecule has 0 radical (unpaired) electrons. The van der Waals surface area contributed by atoms with Crippen LogP contribution in [0.4, 0.5) is 0 Å². The van der Waals surface area contributed by atoms with Gasteiger partial charge in [0.05, 0.1) is 16.2 Å². The van der Waals surface area contributed by atoms with Gasteiger partial charge in [0.2, 0.25) is 0 Å². The third kappa shape index (κ3) is 4.20. The lowest BCUT2D eigenvalue weighted by Crippen LogP contribution is -2.21. The second kappa shape index (κ2) is 6.89. The van der Waals surface area contributed by atoms with Crippen molar-refractivity contribution >= 4 is 22.9 Å². The highest BCUT2D eigenvalue weighted by molar-refractivity contribution is 7.07. The van der Waals surface area contributed by atoms with E-state index in [1.807, 2.05) is 23.6 Å². The number of halogens is 1. The summed E-state index contributed by atoms with van der Waals surface area (Å²) in [5.74, 6) is 0.684. The van der Waals surface area contributed by atoms with Crippen molar-refractivity contribution < 1.29 is 4.74 Å². The molecule has 0 amide bonds. The molecule has 19 heavy (non-hydrogen) atoms. The molecule has 1 aromatic carbocycles. The van der Waals surface area contributed by atoms with Gasteiger partial charge in [-0.25, -0.2) is 4.98 Å². The highest BCUT2D eigenvalue weighted by Crippen LogP contribution is 2.26. The minimum absolute atomic E-state index is 0.179. The summed E-state index contributed by atoms with van der Waals surface area (Å²) in [7, 11) is 0. The van der Waals surface area contributed by atoms with Gasteiger partial charge in [-0.3, -0.25) is 0 Å². The molecule has 0 aliphatic carbocycles. The Morgan fingerprint density at radius 2 is 2.32 bits per heavy atom. The van der Waals surface area contributed by atoms with Crippen LogP contribution in [0.15, 0.2) is 29.1 Å². The summed E-state index contributed by atoms with van der Waals surface area (Å²) in [5, 5.41) is 2.58. The zero-order chi connectivity index (χ0) is 13.7. The van der Waals surface area contributed by atoms with E-state index in [1.54, 1.807) is 16.8 Å². The fraction of sp³-hybridized carbons (Fsp3) is 0.357. The van der Waals surface area contributed by atoms with E-state index in [0.717, 1.165) is 24.1 Å². The van der Waals surface area contributed by atoms with Crippen LogP contribution in [0.3, 0.4) is 0 Å². The molecular weight excluding hydrogens is 280 g/mol. The number of hydrogen-bond acceptors (Lipinski definition) is 4. The minimum atomic E-state index is 0.179. The van der Waals surface area contributed by atoms with Gasteiger partial charge in [0.1, 0.15) is 12.4 Å². The van der Waals surface area contributed by atoms with Crippen molar-refractivity contribution in [1.82, 2.24) is 4.98 Å². The monoisotopic (exact) mass is 296 g/mol. The van der Waals surface area contributed by atoms with E-state index in [0.29, 0.717) is 17.4 Å². The molecular formula is C14H17ClN2OS. The quantitative estimate of drug-likeness (QED) is 0.885. The SMILES string of the molecule is CCC(N)Cc1ccc(OCc2cscn2)c(Cl)c1. The van der Waals surface area contributed by atoms with Crippen molar-refractivity contribution in [3.63, 3.8) is 0 Å². The van der Waals surface area contributed by atoms with Crippen molar-refractivity contribution in [3.05, 3.63) is 45.4 Å². The summed E-state index contributed by atoms with van der Waals surface area (Å²) < 4.78 is 5.65. The van der Waals surface area contributed by atoms with E-state index < -0.39 is 0 Å². The molecule has 0 aliphatic heterocycles. The van der Waals surface area contributed by atoms with Crippen LogP contribution in [0, 0.1) is 0 Å². The van der Waals surface area contributed by atoms with Crippen LogP contribution in [0.25, 0.3) is 0 Å². The maximum atomic E-state index is 6.21. The minimum Gasteiger partial charge on any atom is -0.486 e. The molecule has 3 nitrogen and oxygen atoms in total. The maximum Gasteiger partial charge on any atom is 0.138 e. The van der Waals surface area contributed by atoms with Gasteiger partial charge < -0.3 is 10.5 Å². The number of hydrogen-bond donors (Lipinski definition) is 1. The number of nitrogens with two attached hydrogens (primary N) is 1. The van der Waals surface area contributed by atoms with Gasteiger partial charge in [-0.1, -0.05) is 24.6 Å². The molecule has 1 heterocycles. The number of thiazole rings is 1. The standard InChI is InChI=1S/C14H17ClN2OS/c1-2-11(16)5-10-3-4-14(13(15)6-10)18-7-12-8-19-9-17-12/h3-4,6,8-9,11H,2,5,7,16H2,1H3. The van der Waals surface area contributed by atoms with Crippen LogP contribution in [-0.2, 0) is 13.0 Å². The second-order valence-corrected chi connectivity index (χ2v) is 5.53. The van der Waals surface area contributed by atoms with Crippen molar-refractivity contribution in [2.24, 2.45) is 5.73 Å². The first-order valence-electron chi connectivity index (χ1n) is 6.23. The van der Waals surface area contributed by atoms with Gasteiger partial charge in [0.25, 0.3) is 0 Å². The van der Waals surface area contributed by atoms with Crippen LogP contribution < -0.4 is 10.5 Å². The number of ether oxygens (including phenoxy) is 1. The molecule has 0 saturated carbocycles. The summed E-state index contributed by atoms with van der Waals surface area (Å²) in [6.07, 6.45) is 1.79. The summed E-state index contributed by atoms with van der Waals surface area (Å²) >= 11 is 7.77. The summed E-state index contributed by atoms with van der Waals surface area (Å²) in [6, 6.07) is 6.01. The van der Waals surface area contributed by atoms with Crippen LogP contribution in [0.5, 0.6) is 5.75 Å². The Hall–Kier alpha value is -1.10. The van der Waals surface area contributed by atoms with Gasteiger partial charge in [-0.2, -0.15) is 0 Å². The topological polar surface area (TPSA) is 48.1 Å². The second-order valence-electron chi connectivity index (χ2n) is 4.41. The molecule has 0 spiro atoms. The van der Waals surface area contributed by atoms with E-state index in [-0.39, 0.29) is 6.04 Å². The molecule has 2 aromatic rings. The fourth-order valence-corrected chi connectivity index (χ4v) is 2.50. The third-order valence-corrected chi connectivity index (χ3v) is 3.81. The molecule has 2 rings (SSSR count). The lowest BCUT2D eigenvalue weighted by molar-refractivity contribution is 0.302. The molecule has 102 valence electrons. The lowest BCUT2D eigenvalue weighted by Gasteiger charge is -2.11. The summed E-state index contributed by atoms with van der Waals surface area (Å²) in [4.78, 5) is 4.16. The van der Waals surface area contributed by atoms with E-state index >= 15 is 0 Å². The highest BCUT2D eigenvalue weighted by atomic mass is 35.5. The molecule has 1 unspecified atom stereocenters. The molecule has 0 bridgehead atoms. The molecule has 2 N–H and O–H groups in total. The zero-order valence-corrected chi connectivity index (χ0v) is 12.4. The lowest BCUT2D eigenvalue weighted by atomic mass is 10.0. The smallest absolute Gasteiger partial charge is 0.138 e. The first kappa shape index (κ1) is 14.3. The maximum absolute atomic E-state index is 6.21. The number of aromatic nitrogens is 1. The van der Waals surface area contributed by atoms with E-state index in [2.05, 4.69) is 11.9 Å². The van der Waals surface area contributed by atoms with E-state index in [9.17, 15) is 0 Å². The Morgan fingerprint density at radius 1 is 1.47 bits per heavy atom. The summed E-state index contributed by atoms with van der Waals surface area (Å²) in [6.45, 7) is 2.52. The fourth-order valence-electron chi connectivity index (χ4n) is 1.70. The third-order valence-electron chi connectivity index (χ3n) is 2.88. The first-order valence-corrected chi connectivity index (χ1v) is 7.55. The number of benzene rings is 1. The van der Waals surface area contributed by atoms with Gasteiger partial charge in [0, 0.05) is 11.4 Å². The summed E-state index contributed by atoms with van der Waals surface area (Å²) in [5.41, 5.74) is 9.78. The predicted molar refractivity (Wildman–Crippen MR) is 79.9 cm³/mol. The molecule has 1 atom stereocenters. The Bertz CT molecular complexity index is 516. The molecule has 5 heteroatoms. The Labute approximate surface area is 122 Å². The number of rotatable bonds is 6. The van der Waals surface area contributed by atoms with Crippen LogP contribution in [-0.4, -0.2) is 11.0 Å². The zero-order valence-electron chi connectivity index (χ0n) is 10.8. The first-order chi connectivity index (χ1) is 9.19. The molecule has 1 aromatic heterocycles. The normalized spacial score (nSPS) is 12.4. The Morgan fingerprint density at radius 3 is 2.95 bits per heavy atom. The van der Waals surface area contributed by atoms with Crippen LogP contribution in [0.2, 0.25) is 5.02 Å². The van der Waals surface area contributed by atoms with Crippen LogP contribution >= 0.6 is 22.9 Å². The Kier molecular flexibility index (Phi) is 5.19. The van der Waals surface area contributed by atoms with E-state index in [1.165, 1.54) is 0 Å². The van der Waals surface area contributed by atoms with Crippen molar-refractivity contribution in [2.75, 3.05) is 0 Å². The molecule has 0 aliphatic rings. The predicted octanol–water partition coefficient (Wildman–Crippen LogP) is 3.66. The van der Waals surface area contributed by atoms with E-state index in [4.69, 9.17) is 22.1 Å². The average molecular weight is 297 g/mol. The van der Waals surface area contributed by atoms with Gasteiger partial charge >= 0.3 is 0 Å².